The molecule has 0 bridgehead atoms. The number of hydrogen-bond donors (Lipinski definition) is 2. The minimum absolute atomic E-state index is 0.126. The van der Waals surface area contributed by atoms with Crippen molar-refractivity contribution >= 4 is 11.9 Å². The highest BCUT2D eigenvalue weighted by Gasteiger charge is 2.38. The van der Waals surface area contributed by atoms with Crippen molar-refractivity contribution in [2.75, 3.05) is 26.2 Å². The molecule has 2 aliphatic heterocycles. The molecule has 3 heterocycles. The maximum atomic E-state index is 14.0. The van der Waals surface area contributed by atoms with E-state index in [9.17, 15) is 22.4 Å². The molecule has 1 aromatic heterocycles. The van der Waals surface area contributed by atoms with Crippen LogP contribution in [0.4, 0.5) is 17.6 Å². The topological polar surface area (TPSA) is 101 Å². The highest BCUT2D eigenvalue weighted by molar-refractivity contribution is 5.96. The Bertz CT molecular complexity index is 1020. The monoisotopic (exact) mass is 499 g/mol. The van der Waals surface area contributed by atoms with Gasteiger partial charge in [-0.25, -0.2) is 9.18 Å². The van der Waals surface area contributed by atoms with E-state index < -0.39 is 12.1 Å². The first-order valence-electron chi connectivity index (χ1n) is 10.9. The fourth-order valence-electron chi connectivity index (χ4n) is 3.65. The van der Waals surface area contributed by atoms with Crippen LogP contribution in [0.1, 0.15) is 28.9 Å². The second-order valence-corrected chi connectivity index (χ2v) is 7.95. The van der Waals surface area contributed by atoms with Crippen molar-refractivity contribution in [3.63, 3.8) is 0 Å². The number of carboxylic acids is 1. The summed E-state index contributed by atoms with van der Waals surface area (Å²) in [4.78, 5) is 27.6. The Morgan fingerprint density at radius 1 is 1.14 bits per heavy atom. The van der Waals surface area contributed by atoms with Gasteiger partial charge in [0.1, 0.15) is 23.8 Å². The third-order valence-corrected chi connectivity index (χ3v) is 5.34. The number of nitrogens with zero attached hydrogens (tertiary/aromatic N) is 2. The Kier molecular flexibility index (Phi) is 8.99. The van der Waals surface area contributed by atoms with Crippen LogP contribution in [0.3, 0.4) is 0 Å². The van der Waals surface area contributed by atoms with Crippen LogP contribution in [-0.4, -0.2) is 71.5 Å². The summed E-state index contributed by atoms with van der Waals surface area (Å²) in [6, 6.07) is 10.3. The molecule has 1 fully saturated rings. The van der Waals surface area contributed by atoms with Gasteiger partial charge in [0, 0.05) is 39.0 Å². The van der Waals surface area contributed by atoms with Crippen molar-refractivity contribution in [1.29, 1.82) is 0 Å². The van der Waals surface area contributed by atoms with Crippen LogP contribution in [0, 0.1) is 5.82 Å². The summed E-state index contributed by atoms with van der Waals surface area (Å²) in [7, 11) is 0. The molecule has 0 radical (unpaired) electrons. The Morgan fingerprint density at radius 3 is 2.57 bits per heavy atom. The molecular weight excluding hydrogens is 474 g/mol. The lowest BCUT2D eigenvalue weighted by molar-refractivity contribution is -0.192. The zero-order chi connectivity index (χ0) is 25.4. The van der Waals surface area contributed by atoms with Crippen LogP contribution in [0.15, 0.2) is 42.6 Å². The van der Waals surface area contributed by atoms with Crippen molar-refractivity contribution in [3.8, 4) is 5.75 Å². The molecule has 35 heavy (non-hydrogen) atoms. The Morgan fingerprint density at radius 2 is 1.86 bits per heavy atom. The van der Waals surface area contributed by atoms with Crippen LogP contribution in [0.2, 0.25) is 0 Å². The number of halogens is 4. The van der Waals surface area contributed by atoms with E-state index in [1.54, 1.807) is 24.4 Å². The van der Waals surface area contributed by atoms with Gasteiger partial charge in [0.25, 0.3) is 5.91 Å². The molecule has 1 amide bonds. The molecular formula is C23H25F4N3O5. The highest BCUT2D eigenvalue weighted by atomic mass is 19.4. The van der Waals surface area contributed by atoms with Gasteiger partial charge in [-0.1, -0.05) is 12.1 Å². The fraction of sp³-hybridized carbons (Fsp3) is 0.435. The number of aromatic nitrogens is 1. The lowest BCUT2D eigenvalue weighted by atomic mass is 10.1. The van der Waals surface area contributed by atoms with Gasteiger partial charge < -0.3 is 19.9 Å². The molecule has 0 unspecified atom stereocenters. The molecule has 2 atom stereocenters. The number of fused-ring (bicyclic) bond motifs is 2. The minimum Gasteiger partial charge on any atom is -0.485 e. The summed E-state index contributed by atoms with van der Waals surface area (Å²) in [5, 5.41) is 10.1. The molecule has 2 aliphatic rings. The van der Waals surface area contributed by atoms with Gasteiger partial charge in [-0.3, -0.25) is 14.7 Å². The Labute approximate surface area is 198 Å². The van der Waals surface area contributed by atoms with E-state index in [1.165, 1.54) is 6.07 Å². The summed E-state index contributed by atoms with van der Waals surface area (Å²) in [6.45, 7) is 2.82. The second kappa shape index (κ2) is 11.9. The number of likely N-dealkylation sites (tertiary alicyclic amines) is 1. The summed E-state index contributed by atoms with van der Waals surface area (Å²) in [6.07, 6.45) is -2.14. The zero-order valence-electron chi connectivity index (χ0n) is 18.6. The molecule has 12 heteroatoms. The molecule has 190 valence electrons. The van der Waals surface area contributed by atoms with Crippen LogP contribution in [-0.2, 0) is 16.1 Å². The zero-order valence-corrected chi connectivity index (χ0v) is 18.6. The number of pyridine rings is 1. The number of para-hydroxylation sites is 1. The normalized spacial score (nSPS) is 21.1. The first-order valence-corrected chi connectivity index (χ1v) is 10.9. The van der Waals surface area contributed by atoms with E-state index >= 15 is 0 Å². The molecule has 1 aromatic carbocycles. The number of carbonyl (C=O) groups excluding carboxylic acids is 1. The van der Waals surface area contributed by atoms with Crippen molar-refractivity contribution < 1.29 is 41.7 Å². The molecule has 4 rings (SSSR count). The minimum atomic E-state index is -5.08. The third-order valence-electron chi connectivity index (χ3n) is 5.34. The van der Waals surface area contributed by atoms with Gasteiger partial charge in [0.2, 0.25) is 0 Å². The van der Waals surface area contributed by atoms with Crippen molar-refractivity contribution in [1.82, 2.24) is 15.2 Å². The van der Waals surface area contributed by atoms with Gasteiger partial charge in [-0.2, -0.15) is 13.2 Å². The predicted molar refractivity (Wildman–Crippen MR) is 115 cm³/mol. The first kappa shape index (κ1) is 26.4. The van der Waals surface area contributed by atoms with Crippen LogP contribution in [0.5, 0.6) is 5.75 Å². The second-order valence-electron chi connectivity index (χ2n) is 7.95. The van der Waals surface area contributed by atoms with Crippen molar-refractivity contribution in [2.45, 2.75) is 37.8 Å². The van der Waals surface area contributed by atoms with E-state index in [-0.39, 0.29) is 23.9 Å². The van der Waals surface area contributed by atoms with Crippen molar-refractivity contribution in [3.05, 3.63) is 59.7 Å². The summed E-state index contributed by atoms with van der Waals surface area (Å²) in [5.74, 6) is -2.64. The molecule has 0 saturated carbocycles. The quantitative estimate of drug-likeness (QED) is 0.613. The summed E-state index contributed by atoms with van der Waals surface area (Å²) >= 11 is 0. The van der Waals surface area contributed by atoms with E-state index in [0.717, 1.165) is 12.8 Å². The average Bonchev–Trinajstić information content (AvgIpc) is 3.17. The number of hydrogen-bond acceptors (Lipinski definition) is 6. The number of aliphatic carboxylic acids is 1. The highest BCUT2D eigenvalue weighted by Crippen LogP contribution is 2.26. The largest absolute Gasteiger partial charge is 0.490 e. The average molecular weight is 499 g/mol. The molecule has 1 saturated heterocycles. The maximum Gasteiger partial charge on any atom is 0.490 e. The standard InChI is InChI=1S/C21H24FN3O3.C2HF3O2/c22-16-7-5-10-23-17(16)12-25-13-19-20(14-25)28-18-8-2-1-6-15(18)21(26)24-9-3-4-11-27-19;3-2(4,5)1(6)7/h1-2,5-8,10,19-20H,3-4,9,11-14H2,(H,24,26);(H,6,7)/t19-,20+;/m0./s1. The van der Waals surface area contributed by atoms with Gasteiger partial charge in [-0.05, 0) is 37.1 Å². The van der Waals surface area contributed by atoms with E-state index in [4.69, 9.17) is 19.4 Å². The number of rotatable bonds is 2. The molecule has 2 N–H and O–H groups in total. The number of alkyl halides is 3. The number of benzene rings is 1. The third kappa shape index (κ3) is 7.62. The summed E-state index contributed by atoms with van der Waals surface area (Å²) in [5.41, 5.74) is 0.940. The predicted octanol–water partition coefficient (Wildman–Crippen LogP) is 3.03. The van der Waals surface area contributed by atoms with E-state index in [1.807, 2.05) is 12.1 Å². The van der Waals surface area contributed by atoms with Crippen LogP contribution in [0.25, 0.3) is 0 Å². The van der Waals surface area contributed by atoms with Gasteiger partial charge >= 0.3 is 12.1 Å². The fourth-order valence-corrected chi connectivity index (χ4v) is 3.65. The first-order chi connectivity index (χ1) is 16.6. The number of carbonyl (C=O) groups is 2. The van der Waals surface area contributed by atoms with E-state index in [0.29, 0.717) is 49.8 Å². The Hall–Kier alpha value is -3.25. The van der Waals surface area contributed by atoms with Crippen molar-refractivity contribution in [2.24, 2.45) is 0 Å². The van der Waals surface area contributed by atoms with Crippen LogP contribution >= 0.6 is 0 Å². The van der Waals surface area contributed by atoms with Crippen LogP contribution < -0.4 is 10.1 Å². The smallest absolute Gasteiger partial charge is 0.485 e. The maximum absolute atomic E-state index is 14.0. The lowest BCUT2D eigenvalue weighted by Crippen LogP contribution is -2.34. The van der Waals surface area contributed by atoms with Gasteiger partial charge in [-0.15, -0.1) is 0 Å². The Balaban J connectivity index is 0.000000429. The SMILES string of the molecule is O=C(O)C(F)(F)F.O=C1NCCCCO[C@H]2CN(Cc3ncccc3F)C[C@H]2Oc2ccccc21. The van der Waals surface area contributed by atoms with Gasteiger partial charge in [0.15, 0.2) is 0 Å². The number of carboxylic acid groups (broad SMARTS) is 1. The molecule has 0 spiro atoms. The summed E-state index contributed by atoms with van der Waals surface area (Å²) < 4.78 is 58.0. The molecule has 2 aromatic rings. The number of amides is 1. The van der Waals surface area contributed by atoms with Gasteiger partial charge in [0.05, 0.1) is 11.3 Å². The lowest BCUT2D eigenvalue weighted by Gasteiger charge is -2.23. The molecule has 8 nitrogen and oxygen atoms in total. The number of nitrogens with one attached hydrogen (secondary N) is 1. The van der Waals surface area contributed by atoms with E-state index in [2.05, 4.69) is 15.2 Å². The molecule has 0 aliphatic carbocycles. The number of ether oxygens (including phenoxy) is 2.